The second kappa shape index (κ2) is 7.80. The number of amides is 1. The summed E-state index contributed by atoms with van der Waals surface area (Å²) < 4.78 is 13.3. The van der Waals surface area contributed by atoms with Gasteiger partial charge in [0, 0.05) is 56.0 Å². The van der Waals surface area contributed by atoms with E-state index in [1.165, 1.54) is 0 Å². The van der Waals surface area contributed by atoms with Crippen molar-refractivity contribution in [1.29, 1.82) is 0 Å². The number of methoxy groups -OCH3 is 1. The Morgan fingerprint density at radius 1 is 1.36 bits per heavy atom. The molecule has 1 aliphatic heterocycles. The van der Waals surface area contributed by atoms with Crippen molar-refractivity contribution in [3.05, 3.63) is 53.3 Å². The van der Waals surface area contributed by atoms with Crippen LogP contribution in [0.2, 0.25) is 0 Å². The molecule has 0 N–H and O–H groups in total. The lowest BCUT2D eigenvalue weighted by Crippen LogP contribution is -2.40. The largest absolute Gasteiger partial charge is 0.451 e. The second-order valence-corrected chi connectivity index (χ2v) is 7.62. The van der Waals surface area contributed by atoms with Crippen molar-refractivity contribution in [3.8, 4) is 0 Å². The van der Waals surface area contributed by atoms with Gasteiger partial charge in [0.15, 0.2) is 5.76 Å². The first-order valence-corrected chi connectivity index (χ1v) is 9.87. The third-order valence-electron chi connectivity index (χ3n) is 5.65. The van der Waals surface area contributed by atoms with Crippen molar-refractivity contribution >= 4 is 16.9 Å². The smallest absolute Gasteiger partial charge is 0.289 e. The average Bonchev–Trinajstić information content (AvgIpc) is 3.30. The standard InChI is InChI=1S/C22H27N3O3/c1-15-6-7-18-16(2)20(28-19(18)13-15)22(26)25-9-4-5-17(14-25)21-23-8-10-24(21)11-12-27-3/h6-8,10,13,17H,4-5,9,11-12,14H2,1-3H3/t17-/m0/s1. The summed E-state index contributed by atoms with van der Waals surface area (Å²) in [6, 6.07) is 6.08. The number of carbonyl (C=O) groups excluding carboxylic acids is 1. The zero-order valence-corrected chi connectivity index (χ0v) is 16.8. The van der Waals surface area contributed by atoms with Gasteiger partial charge in [-0.1, -0.05) is 12.1 Å². The van der Waals surface area contributed by atoms with Gasteiger partial charge in [-0.2, -0.15) is 0 Å². The fourth-order valence-electron chi connectivity index (χ4n) is 4.11. The first-order valence-electron chi connectivity index (χ1n) is 9.87. The van der Waals surface area contributed by atoms with Gasteiger partial charge in [0.2, 0.25) is 0 Å². The Morgan fingerprint density at radius 2 is 2.21 bits per heavy atom. The van der Waals surface area contributed by atoms with Crippen LogP contribution in [-0.4, -0.2) is 47.2 Å². The average molecular weight is 381 g/mol. The van der Waals surface area contributed by atoms with Crippen molar-refractivity contribution < 1.29 is 13.9 Å². The number of ether oxygens (including phenoxy) is 1. The molecule has 148 valence electrons. The number of fused-ring (bicyclic) bond motifs is 1. The van der Waals surface area contributed by atoms with E-state index in [0.29, 0.717) is 18.9 Å². The molecule has 1 aliphatic rings. The zero-order valence-electron chi connectivity index (χ0n) is 16.8. The number of rotatable bonds is 5. The number of furan rings is 1. The van der Waals surface area contributed by atoms with Crippen LogP contribution in [-0.2, 0) is 11.3 Å². The zero-order chi connectivity index (χ0) is 19.7. The molecule has 1 fully saturated rings. The van der Waals surface area contributed by atoms with E-state index in [4.69, 9.17) is 9.15 Å². The van der Waals surface area contributed by atoms with E-state index in [1.54, 1.807) is 7.11 Å². The van der Waals surface area contributed by atoms with Crippen molar-refractivity contribution in [1.82, 2.24) is 14.5 Å². The molecule has 1 amide bonds. The van der Waals surface area contributed by atoms with Gasteiger partial charge in [-0.3, -0.25) is 4.79 Å². The summed E-state index contributed by atoms with van der Waals surface area (Å²) in [5.74, 6) is 1.71. The number of hydrogen-bond donors (Lipinski definition) is 0. The van der Waals surface area contributed by atoms with Gasteiger partial charge in [-0.15, -0.1) is 0 Å². The van der Waals surface area contributed by atoms with Gasteiger partial charge < -0.3 is 18.6 Å². The molecule has 0 spiro atoms. The summed E-state index contributed by atoms with van der Waals surface area (Å²) in [5, 5.41) is 1.01. The molecule has 0 unspecified atom stereocenters. The highest BCUT2D eigenvalue weighted by molar-refractivity contribution is 5.99. The second-order valence-electron chi connectivity index (χ2n) is 7.62. The predicted molar refractivity (Wildman–Crippen MR) is 108 cm³/mol. The van der Waals surface area contributed by atoms with Crippen molar-refractivity contribution in [3.63, 3.8) is 0 Å². The SMILES string of the molecule is COCCn1ccnc1[C@H]1CCCN(C(=O)c2oc3cc(C)ccc3c2C)C1. The fourth-order valence-corrected chi connectivity index (χ4v) is 4.11. The Morgan fingerprint density at radius 3 is 3.04 bits per heavy atom. The first-order chi connectivity index (χ1) is 13.6. The quantitative estimate of drug-likeness (QED) is 0.672. The molecular formula is C22H27N3O3. The lowest BCUT2D eigenvalue weighted by molar-refractivity contribution is 0.0671. The van der Waals surface area contributed by atoms with Gasteiger partial charge in [0.05, 0.1) is 6.61 Å². The van der Waals surface area contributed by atoms with Crippen LogP contribution in [0.25, 0.3) is 11.0 Å². The number of benzene rings is 1. The van der Waals surface area contributed by atoms with E-state index in [1.807, 2.05) is 43.3 Å². The van der Waals surface area contributed by atoms with E-state index < -0.39 is 0 Å². The van der Waals surface area contributed by atoms with Gasteiger partial charge >= 0.3 is 0 Å². The molecule has 0 radical (unpaired) electrons. The van der Waals surface area contributed by atoms with E-state index in [0.717, 1.165) is 53.9 Å². The van der Waals surface area contributed by atoms with Crippen LogP contribution < -0.4 is 0 Å². The van der Waals surface area contributed by atoms with Gasteiger partial charge in [-0.05, 0) is 38.3 Å². The summed E-state index contributed by atoms with van der Waals surface area (Å²) >= 11 is 0. The third kappa shape index (κ3) is 3.44. The Hall–Kier alpha value is -2.60. The van der Waals surface area contributed by atoms with Crippen molar-refractivity contribution in [2.45, 2.75) is 39.2 Å². The summed E-state index contributed by atoms with van der Waals surface area (Å²) in [5.41, 5.74) is 2.83. The number of nitrogens with zero attached hydrogens (tertiary/aromatic N) is 3. The third-order valence-corrected chi connectivity index (χ3v) is 5.65. The van der Waals surface area contributed by atoms with E-state index in [-0.39, 0.29) is 11.8 Å². The normalized spacial score (nSPS) is 17.4. The van der Waals surface area contributed by atoms with Crippen molar-refractivity contribution in [2.24, 2.45) is 0 Å². The molecular weight excluding hydrogens is 354 g/mol. The molecule has 0 saturated carbocycles. The molecule has 6 heteroatoms. The van der Waals surface area contributed by atoms with Crippen LogP contribution in [0.15, 0.2) is 35.0 Å². The Bertz CT molecular complexity index is 988. The number of aryl methyl sites for hydroxylation is 2. The minimum atomic E-state index is -0.0222. The number of aromatic nitrogens is 2. The minimum Gasteiger partial charge on any atom is -0.451 e. The molecule has 3 heterocycles. The highest BCUT2D eigenvalue weighted by Crippen LogP contribution is 2.30. The van der Waals surface area contributed by atoms with Crippen LogP contribution in [0, 0.1) is 13.8 Å². The maximum atomic E-state index is 13.2. The molecule has 2 aromatic heterocycles. The summed E-state index contributed by atoms with van der Waals surface area (Å²) in [4.78, 5) is 19.7. The highest BCUT2D eigenvalue weighted by Gasteiger charge is 2.30. The molecule has 0 bridgehead atoms. The monoisotopic (exact) mass is 381 g/mol. The maximum Gasteiger partial charge on any atom is 0.289 e. The topological polar surface area (TPSA) is 60.5 Å². The number of carbonyl (C=O) groups is 1. The van der Waals surface area contributed by atoms with Crippen LogP contribution in [0.1, 0.15) is 46.3 Å². The van der Waals surface area contributed by atoms with Crippen molar-refractivity contribution in [2.75, 3.05) is 26.8 Å². The lowest BCUT2D eigenvalue weighted by Gasteiger charge is -2.32. The summed E-state index contributed by atoms with van der Waals surface area (Å²) in [6.45, 7) is 6.84. The highest BCUT2D eigenvalue weighted by atomic mass is 16.5. The number of hydrogen-bond acceptors (Lipinski definition) is 4. The first kappa shape index (κ1) is 18.7. The van der Waals surface area contributed by atoms with E-state index >= 15 is 0 Å². The van der Waals surface area contributed by atoms with Crippen LogP contribution in [0.4, 0.5) is 0 Å². The Balaban J connectivity index is 1.56. The number of piperidine rings is 1. The Labute approximate surface area is 165 Å². The maximum absolute atomic E-state index is 13.2. The lowest BCUT2D eigenvalue weighted by atomic mass is 9.96. The van der Waals surface area contributed by atoms with E-state index in [9.17, 15) is 4.79 Å². The Kier molecular flexibility index (Phi) is 5.22. The van der Waals surface area contributed by atoms with Crippen LogP contribution in [0.3, 0.4) is 0 Å². The molecule has 1 aromatic carbocycles. The molecule has 4 rings (SSSR count). The van der Waals surface area contributed by atoms with Gasteiger partial charge in [0.25, 0.3) is 5.91 Å². The van der Waals surface area contributed by atoms with E-state index in [2.05, 4.69) is 15.6 Å². The molecule has 6 nitrogen and oxygen atoms in total. The fraction of sp³-hybridized carbons (Fsp3) is 0.455. The van der Waals surface area contributed by atoms with Gasteiger partial charge in [-0.25, -0.2) is 4.98 Å². The predicted octanol–water partition coefficient (Wildman–Crippen LogP) is 3.91. The minimum absolute atomic E-state index is 0.0222. The van der Waals surface area contributed by atoms with Crippen LogP contribution in [0.5, 0.6) is 0 Å². The molecule has 0 aliphatic carbocycles. The van der Waals surface area contributed by atoms with Gasteiger partial charge in [0.1, 0.15) is 11.4 Å². The molecule has 1 atom stereocenters. The molecule has 1 saturated heterocycles. The number of imidazole rings is 1. The summed E-state index contributed by atoms with van der Waals surface area (Å²) in [7, 11) is 1.70. The number of likely N-dealkylation sites (tertiary alicyclic amines) is 1. The summed E-state index contributed by atoms with van der Waals surface area (Å²) in [6.07, 6.45) is 5.82. The van der Waals surface area contributed by atoms with Crippen LogP contribution >= 0.6 is 0 Å². The molecule has 3 aromatic rings. The molecule has 28 heavy (non-hydrogen) atoms.